The Morgan fingerprint density at radius 2 is 2.00 bits per heavy atom. The number of rotatable bonds is 6. The van der Waals surface area contributed by atoms with E-state index >= 15 is 0 Å². The van der Waals surface area contributed by atoms with Crippen molar-refractivity contribution in [1.82, 2.24) is 0 Å². The van der Waals surface area contributed by atoms with E-state index in [1.807, 2.05) is 23.9 Å². The molecule has 1 rings (SSSR count). The van der Waals surface area contributed by atoms with Crippen LogP contribution in [0.25, 0.3) is 0 Å². The molecule has 90 valence electrons. The van der Waals surface area contributed by atoms with Gasteiger partial charge in [-0.05, 0) is 29.2 Å². The average molecular weight is 238 g/mol. The van der Waals surface area contributed by atoms with E-state index in [0.29, 0.717) is 5.92 Å². The minimum atomic E-state index is -0.324. The lowest BCUT2D eigenvalue weighted by molar-refractivity contribution is 0.204. The Bertz CT molecular complexity index is 309. The Hall–Kier alpha value is -0.470. The van der Waals surface area contributed by atoms with Gasteiger partial charge in [-0.2, -0.15) is 11.8 Å². The van der Waals surface area contributed by atoms with E-state index in [-0.39, 0.29) is 6.10 Å². The molecular weight excluding hydrogens is 216 g/mol. The molecule has 0 fully saturated rings. The zero-order valence-corrected chi connectivity index (χ0v) is 11.3. The second kappa shape index (κ2) is 6.97. The maximum atomic E-state index is 10.0. The van der Waals surface area contributed by atoms with Crippen LogP contribution in [0.4, 0.5) is 0 Å². The highest BCUT2D eigenvalue weighted by Gasteiger charge is 2.08. The largest absolute Gasteiger partial charge is 0.388 e. The predicted molar refractivity (Wildman–Crippen MR) is 72.9 cm³/mol. The maximum absolute atomic E-state index is 10.0. The van der Waals surface area contributed by atoms with Crippen molar-refractivity contribution in [1.29, 1.82) is 0 Å². The zero-order valence-electron chi connectivity index (χ0n) is 10.4. The first-order valence-corrected chi connectivity index (χ1v) is 7.13. The molecule has 0 aliphatic heterocycles. The normalized spacial score (nSPS) is 13.1. The summed E-state index contributed by atoms with van der Waals surface area (Å²) >= 11 is 1.83. The SMILES string of the molecule is CCc1cccc(C(O)CSCC(C)C)c1. The minimum Gasteiger partial charge on any atom is -0.388 e. The van der Waals surface area contributed by atoms with Crippen molar-refractivity contribution >= 4 is 11.8 Å². The molecule has 0 saturated heterocycles. The molecule has 1 N–H and O–H groups in total. The van der Waals surface area contributed by atoms with Crippen LogP contribution in [-0.2, 0) is 6.42 Å². The topological polar surface area (TPSA) is 20.2 Å². The molecule has 0 radical (unpaired) electrons. The van der Waals surface area contributed by atoms with Gasteiger partial charge < -0.3 is 5.11 Å². The maximum Gasteiger partial charge on any atom is 0.0880 e. The molecule has 0 aliphatic carbocycles. The van der Waals surface area contributed by atoms with Gasteiger partial charge in [-0.25, -0.2) is 0 Å². The molecule has 0 heterocycles. The molecule has 2 heteroatoms. The van der Waals surface area contributed by atoms with E-state index in [1.54, 1.807) is 0 Å². The number of aliphatic hydroxyl groups excluding tert-OH is 1. The molecule has 1 atom stereocenters. The van der Waals surface area contributed by atoms with Crippen LogP contribution >= 0.6 is 11.8 Å². The fourth-order valence-corrected chi connectivity index (χ4v) is 2.56. The van der Waals surface area contributed by atoms with Crippen LogP contribution in [0, 0.1) is 5.92 Å². The first-order chi connectivity index (χ1) is 7.63. The van der Waals surface area contributed by atoms with Crippen LogP contribution < -0.4 is 0 Å². The van der Waals surface area contributed by atoms with Gasteiger partial charge in [0.25, 0.3) is 0 Å². The molecule has 1 aromatic carbocycles. The van der Waals surface area contributed by atoms with Crippen LogP contribution in [0.3, 0.4) is 0 Å². The molecule has 16 heavy (non-hydrogen) atoms. The number of benzene rings is 1. The van der Waals surface area contributed by atoms with Gasteiger partial charge in [0.2, 0.25) is 0 Å². The number of hydrogen-bond donors (Lipinski definition) is 1. The molecule has 0 aromatic heterocycles. The smallest absolute Gasteiger partial charge is 0.0880 e. The van der Waals surface area contributed by atoms with E-state index < -0.39 is 0 Å². The summed E-state index contributed by atoms with van der Waals surface area (Å²) in [5.74, 6) is 2.61. The van der Waals surface area contributed by atoms with E-state index in [9.17, 15) is 5.11 Å². The quantitative estimate of drug-likeness (QED) is 0.816. The van der Waals surface area contributed by atoms with Crippen molar-refractivity contribution in [3.8, 4) is 0 Å². The standard InChI is InChI=1S/C14H22OS/c1-4-12-6-5-7-13(8-12)14(15)10-16-9-11(2)3/h5-8,11,14-15H,4,9-10H2,1-3H3. The van der Waals surface area contributed by atoms with Gasteiger partial charge in [-0.3, -0.25) is 0 Å². The van der Waals surface area contributed by atoms with Crippen molar-refractivity contribution in [2.75, 3.05) is 11.5 Å². The minimum absolute atomic E-state index is 0.324. The van der Waals surface area contributed by atoms with E-state index in [1.165, 1.54) is 5.56 Å². The van der Waals surface area contributed by atoms with Crippen LogP contribution in [0.5, 0.6) is 0 Å². The van der Waals surface area contributed by atoms with Crippen LogP contribution in [0.2, 0.25) is 0 Å². The lowest BCUT2D eigenvalue weighted by Gasteiger charge is -2.12. The second-order valence-corrected chi connectivity index (χ2v) is 5.62. The lowest BCUT2D eigenvalue weighted by atomic mass is 10.1. The first kappa shape index (κ1) is 13.6. The van der Waals surface area contributed by atoms with E-state index in [0.717, 1.165) is 23.5 Å². The number of hydrogen-bond acceptors (Lipinski definition) is 2. The Labute approximate surface area is 103 Å². The van der Waals surface area contributed by atoms with Crippen molar-refractivity contribution in [3.63, 3.8) is 0 Å². The predicted octanol–water partition coefficient (Wildman–Crippen LogP) is 3.67. The summed E-state index contributed by atoms with van der Waals surface area (Å²) < 4.78 is 0. The molecule has 0 aliphatic rings. The molecule has 0 amide bonds. The molecular formula is C14H22OS. The van der Waals surface area contributed by atoms with Gasteiger partial charge in [0.15, 0.2) is 0 Å². The van der Waals surface area contributed by atoms with Gasteiger partial charge in [-0.1, -0.05) is 45.0 Å². The highest BCUT2D eigenvalue weighted by Crippen LogP contribution is 2.20. The number of thioether (sulfide) groups is 1. The Balaban J connectivity index is 2.48. The number of aryl methyl sites for hydroxylation is 1. The highest BCUT2D eigenvalue weighted by molar-refractivity contribution is 7.99. The monoisotopic (exact) mass is 238 g/mol. The van der Waals surface area contributed by atoms with Gasteiger partial charge >= 0.3 is 0 Å². The third kappa shape index (κ3) is 4.58. The van der Waals surface area contributed by atoms with Crippen molar-refractivity contribution in [2.24, 2.45) is 5.92 Å². The molecule has 1 nitrogen and oxygen atoms in total. The third-order valence-corrected chi connectivity index (χ3v) is 3.92. The molecule has 0 spiro atoms. The van der Waals surface area contributed by atoms with Crippen LogP contribution in [-0.4, -0.2) is 16.6 Å². The van der Waals surface area contributed by atoms with Gasteiger partial charge in [0.1, 0.15) is 0 Å². The van der Waals surface area contributed by atoms with Crippen LogP contribution in [0.15, 0.2) is 24.3 Å². The van der Waals surface area contributed by atoms with Gasteiger partial charge in [0.05, 0.1) is 6.10 Å². The summed E-state index contributed by atoms with van der Waals surface area (Å²) in [6, 6.07) is 8.27. The Kier molecular flexibility index (Phi) is 5.93. The summed E-state index contributed by atoms with van der Waals surface area (Å²) in [7, 11) is 0. The first-order valence-electron chi connectivity index (χ1n) is 5.98. The van der Waals surface area contributed by atoms with Gasteiger partial charge in [0, 0.05) is 5.75 Å². The summed E-state index contributed by atoms with van der Waals surface area (Å²) in [6.45, 7) is 6.55. The van der Waals surface area contributed by atoms with E-state index in [4.69, 9.17) is 0 Å². The molecule has 1 aromatic rings. The van der Waals surface area contributed by atoms with Crippen molar-refractivity contribution in [3.05, 3.63) is 35.4 Å². The lowest BCUT2D eigenvalue weighted by Crippen LogP contribution is -2.03. The fourth-order valence-electron chi connectivity index (χ4n) is 1.53. The summed E-state index contributed by atoms with van der Waals surface area (Å²) in [5, 5.41) is 10.0. The van der Waals surface area contributed by atoms with Crippen molar-refractivity contribution in [2.45, 2.75) is 33.3 Å². The molecule has 0 saturated carbocycles. The molecule has 1 unspecified atom stereocenters. The summed E-state index contributed by atoms with van der Waals surface area (Å²) in [4.78, 5) is 0. The van der Waals surface area contributed by atoms with Crippen molar-refractivity contribution < 1.29 is 5.11 Å². The highest BCUT2D eigenvalue weighted by atomic mass is 32.2. The number of aliphatic hydroxyl groups is 1. The fraction of sp³-hybridized carbons (Fsp3) is 0.571. The average Bonchev–Trinajstić information content (AvgIpc) is 2.28. The van der Waals surface area contributed by atoms with Crippen LogP contribution in [0.1, 0.15) is 38.0 Å². The van der Waals surface area contributed by atoms with E-state index in [2.05, 4.69) is 32.9 Å². The summed E-state index contributed by atoms with van der Waals surface area (Å²) in [6.07, 6.45) is 0.704. The van der Waals surface area contributed by atoms with Gasteiger partial charge in [-0.15, -0.1) is 0 Å². The third-order valence-electron chi connectivity index (χ3n) is 2.47. The second-order valence-electron chi connectivity index (χ2n) is 4.55. The molecule has 0 bridgehead atoms. The Morgan fingerprint density at radius 3 is 2.62 bits per heavy atom. The Morgan fingerprint density at radius 1 is 1.25 bits per heavy atom. The summed E-state index contributed by atoms with van der Waals surface area (Å²) in [5.41, 5.74) is 2.35. The zero-order chi connectivity index (χ0) is 12.0.